The fourth-order valence-corrected chi connectivity index (χ4v) is 3.82. The van der Waals surface area contributed by atoms with Gasteiger partial charge in [0.25, 0.3) is 0 Å². The SMILES string of the molecule is Cc1ccc(S(=O)N2CCC(O)(CO)C2)cc1F.N#Cc1ccc(O)cc1F. The standard InChI is InChI=1S/C12H16FNO3S.C7H4FNO/c1-9-2-3-10(6-11(9)13)18(17)14-5-4-12(16,7-14)8-15;8-7-3-6(10)2-1-5(7)4-9/h2-3,6,15-16H,4-5,7-8H2,1H3;1-3,10H. The largest absolute Gasteiger partial charge is 0.508 e. The fraction of sp³-hybridized carbons (Fsp3) is 0.316. The number of rotatable bonds is 3. The maximum Gasteiger partial charge on any atom is 0.144 e. The van der Waals surface area contributed by atoms with E-state index in [1.54, 1.807) is 29.4 Å². The Labute approximate surface area is 163 Å². The third kappa shape index (κ3) is 5.33. The summed E-state index contributed by atoms with van der Waals surface area (Å²) in [5.41, 5.74) is -0.749. The number of hydrogen-bond donors (Lipinski definition) is 3. The van der Waals surface area contributed by atoms with Crippen LogP contribution in [0, 0.1) is 29.9 Å². The van der Waals surface area contributed by atoms with E-state index in [-0.39, 0.29) is 24.5 Å². The number of nitrogens with zero attached hydrogens (tertiary/aromatic N) is 2. The van der Waals surface area contributed by atoms with Crippen LogP contribution >= 0.6 is 0 Å². The Morgan fingerprint density at radius 3 is 2.50 bits per heavy atom. The van der Waals surface area contributed by atoms with E-state index in [0.717, 1.165) is 6.07 Å². The van der Waals surface area contributed by atoms with Gasteiger partial charge in [-0.15, -0.1) is 0 Å². The van der Waals surface area contributed by atoms with Crippen molar-refractivity contribution < 1.29 is 28.3 Å². The van der Waals surface area contributed by atoms with E-state index >= 15 is 0 Å². The van der Waals surface area contributed by atoms with Crippen LogP contribution in [0.3, 0.4) is 0 Å². The van der Waals surface area contributed by atoms with Gasteiger partial charge in [0.15, 0.2) is 0 Å². The molecular formula is C19H20F2N2O4S. The predicted octanol–water partition coefficient (Wildman–Crippen LogP) is 1.99. The lowest BCUT2D eigenvalue weighted by molar-refractivity contribution is -0.000503. The maximum atomic E-state index is 13.4. The van der Waals surface area contributed by atoms with Gasteiger partial charge in [0.1, 0.15) is 40.0 Å². The minimum atomic E-state index is -1.50. The van der Waals surface area contributed by atoms with Gasteiger partial charge in [0.2, 0.25) is 0 Å². The lowest BCUT2D eigenvalue weighted by Gasteiger charge is -2.20. The van der Waals surface area contributed by atoms with Crippen LogP contribution in [0.4, 0.5) is 8.78 Å². The van der Waals surface area contributed by atoms with Gasteiger partial charge >= 0.3 is 0 Å². The quantitative estimate of drug-likeness (QED) is 0.718. The molecule has 0 amide bonds. The molecule has 6 nitrogen and oxygen atoms in total. The van der Waals surface area contributed by atoms with Crippen molar-refractivity contribution >= 4 is 11.0 Å². The molecule has 9 heteroatoms. The van der Waals surface area contributed by atoms with Crippen LogP contribution in [0.2, 0.25) is 0 Å². The van der Waals surface area contributed by atoms with Gasteiger partial charge in [-0.25, -0.2) is 17.3 Å². The topological polar surface area (TPSA) is 105 Å². The van der Waals surface area contributed by atoms with E-state index in [1.807, 2.05) is 0 Å². The Morgan fingerprint density at radius 1 is 1.25 bits per heavy atom. The molecular weight excluding hydrogens is 390 g/mol. The summed E-state index contributed by atoms with van der Waals surface area (Å²) in [6.45, 7) is 1.83. The Kier molecular flexibility index (Phi) is 7.21. The van der Waals surface area contributed by atoms with E-state index in [1.165, 1.54) is 18.2 Å². The molecule has 0 aliphatic carbocycles. The fourth-order valence-electron chi connectivity index (χ4n) is 2.52. The van der Waals surface area contributed by atoms with Crippen molar-refractivity contribution in [3.63, 3.8) is 0 Å². The smallest absolute Gasteiger partial charge is 0.144 e. The zero-order valence-electron chi connectivity index (χ0n) is 15.1. The van der Waals surface area contributed by atoms with E-state index in [9.17, 15) is 18.1 Å². The molecule has 2 atom stereocenters. The van der Waals surface area contributed by atoms with Gasteiger partial charge in [0, 0.05) is 19.2 Å². The van der Waals surface area contributed by atoms with Crippen LogP contribution in [0.1, 0.15) is 17.5 Å². The lowest BCUT2D eigenvalue weighted by Crippen LogP contribution is -2.37. The van der Waals surface area contributed by atoms with Gasteiger partial charge in [-0.2, -0.15) is 5.26 Å². The van der Waals surface area contributed by atoms with Crippen molar-refractivity contribution in [2.24, 2.45) is 0 Å². The molecule has 1 heterocycles. The monoisotopic (exact) mass is 410 g/mol. The predicted molar refractivity (Wildman–Crippen MR) is 98.6 cm³/mol. The zero-order valence-corrected chi connectivity index (χ0v) is 15.9. The van der Waals surface area contributed by atoms with Gasteiger partial charge in [0.05, 0.1) is 17.1 Å². The summed E-state index contributed by atoms with van der Waals surface area (Å²) >= 11 is 0. The number of phenols is 1. The highest BCUT2D eigenvalue weighted by molar-refractivity contribution is 7.82. The first-order valence-corrected chi connectivity index (χ1v) is 9.44. The minimum Gasteiger partial charge on any atom is -0.508 e. The van der Waals surface area contributed by atoms with E-state index in [0.29, 0.717) is 23.4 Å². The number of hydrogen-bond acceptors (Lipinski definition) is 5. The Bertz CT molecular complexity index is 919. The number of aliphatic hydroxyl groups excluding tert-OH is 1. The molecule has 2 aromatic rings. The number of aryl methyl sites for hydroxylation is 1. The first-order chi connectivity index (χ1) is 13.2. The molecule has 0 radical (unpaired) electrons. The Hall–Kier alpha value is -2.38. The molecule has 3 rings (SSSR count). The number of aliphatic hydroxyl groups is 2. The third-order valence-corrected chi connectivity index (χ3v) is 5.68. The molecule has 0 aromatic heterocycles. The molecule has 28 heavy (non-hydrogen) atoms. The molecule has 1 aliphatic heterocycles. The summed E-state index contributed by atoms with van der Waals surface area (Å²) in [6, 6.07) is 9.48. The molecule has 0 bridgehead atoms. The second-order valence-electron chi connectivity index (χ2n) is 6.43. The first-order valence-electron chi connectivity index (χ1n) is 8.34. The van der Waals surface area contributed by atoms with Crippen LogP contribution in [0.5, 0.6) is 5.75 Å². The number of phenolic OH excluding ortho intramolecular Hbond substituents is 1. The second-order valence-corrected chi connectivity index (χ2v) is 7.92. The van der Waals surface area contributed by atoms with Gasteiger partial charge in [-0.3, -0.25) is 0 Å². The summed E-state index contributed by atoms with van der Waals surface area (Å²) in [7, 11) is -1.50. The average Bonchev–Trinajstić information content (AvgIpc) is 3.07. The summed E-state index contributed by atoms with van der Waals surface area (Å²) < 4.78 is 39.6. The third-order valence-electron chi connectivity index (χ3n) is 4.24. The molecule has 1 fully saturated rings. The molecule has 0 spiro atoms. The van der Waals surface area contributed by atoms with Crippen LogP contribution in [0.25, 0.3) is 0 Å². The Morgan fingerprint density at radius 2 is 1.96 bits per heavy atom. The summed E-state index contributed by atoms with van der Waals surface area (Å²) in [4.78, 5) is 0.375. The normalized spacial score (nSPS) is 20.1. The molecule has 2 unspecified atom stereocenters. The zero-order chi connectivity index (χ0) is 20.9. The molecule has 1 saturated heterocycles. The number of nitriles is 1. The Balaban J connectivity index is 0.000000237. The van der Waals surface area contributed by atoms with Crippen molar-refractivity contribution in [3.05, 3.63) is 59.2 Å². The number of aromatic hydroxyl groups is 1. The lowest BCUT2D eigenvalue weighted by atomic mass is 10.1. The van der Waals surface area contributed by atoms with Crippen molar-refractivity contribution in [3.8, 4) is 11.8 Å². The van der Waals surface area contributed by atoms with Crippen LogP contribution < -0.4 is 0 Å². The molecule has 150 valence electrons. The highest BCUT2D eigenvalue weighted by Gasteiger charge is 2.38. The molecule has 3 N–H and O–H groups in total. The van der Waals surface area contributed by atoms with Crippen LogP contribution in [-0.4, -0.2) is 49.1 Å². The first kappa shape index (κ1) is 21.9. The van der Waals surface area contributed by atoms with Crippen molar-refractivity contribution in [2.45, 2.75) is 23.8 Å². The van der Waals surface area contributed by atoms with E-state index < -0.39 is 28.2 Å². The highest BCUT2D eigenvalue weighted by atomic mass is 32.2. The maximum absolute atomic E-state index is 13.4. The van der Waals surface area contributed by atoms with Gasteiger partial charge in [-0.1, -0.05) is 6.07 Å². The minimum absolute atomic E-state index is 0.0576. The summed E-state index contributed by atoms with van der Waals surface area (Å²) in [5.74, 6) is -1.25. The summed E-state index contributed by atoms with van der Waals surface area (Å²) in [5, 5.41) is 35.8. The average molecular weight is 410 g/mol. The number of halogens is 2. The van der Waals surface area contributed by atoms with Crippen LogP contribution in [-0.2, 0) is 11.0 Å². The highest BCUT2D eigenvalue weighted by Crippen LogP contribution is 2.25. The van der Waals surface area contributed by atoms with Gasteiger partial charge < -0.3 is 15.3 Å². The van der Waals surface area contributed by atoms with Gasteiger partial charge in [-0.05, 0) is 43.2 Å². The van der Waals surface area contributed by atoms with Crippen LogP contribution in [0.15, 0.2) is 41.3 Å². The second kappa shape index (κ2) is 9.21. The van der Waals surface area contributed by atoms with Crippen molar-refractivity contribution in [1.82, 2.24) is 4.31 Å². The van der Waals surface area contributed by atoms with E-state index in [2.05, 4.69) is 0 Å². The number of β-amino-alcohol motifs (C(OH)–C–C–N with tert-alkyl or cyclic N) is 1. The van der Waals surface area contributed by atoms with E-state index in [4.69, 9.17) is 15.5 Å². The molecule has 2 aromatic carbocycles. The van der Waals surface area contributed by atoms with Crippen molar-refractivity contribution in [1.29, 1.82) is 5.26 Å². The molecule has 1 aliphatic rings. The number of benzene rings is 2. The van der Waals surface area contributed by atoms with Crippen molar-refractivity contribution in [2.75, 3.05) is 19.7 Å². The molecule has 0 saturated carbocycles. The summed E-state index contributed by atoms with van der Waals surface area (Å²) in [6.07, 6.45) is 0.365.